The first-order valence-corrected chi connectivity index (χ1v) is 8.55. The van der Waals surface area contributed by atoms with Gasteiger partial charge in [-0.05, 0) is 43.7 Å². The molecule has 2 unspecified atom stereocenters. The average Bonchev–Trinajstić information content (AvgIpc) is 3.10. The second-order valence-electron chi connectivity index (χ2n) is 7.07. The summed E-state index contributed by atoms with van der Waals surface area (Å²) in [5.74, 6) is 0.267. The van der Waals surface area contributed by atoms with Crippen molar-refractivity contribution in [3.63, 3.8) is 0 Å². The Morgan fingerprint density at radius 3 is 2.77 bits per heavy atom. The lowest BCUT2D eigenvalue weighted by molar-refractivity contribution is -0.131. The molecule has 2 saturated heterocycles. The lowest BCUT2D eigenvalue weighted by Crippen LogP contribution is -2.50. The Kier molecular flexibility index (Phi) is 3.57. The molecule has 4 rings (SSSR count). The van der Waals surface area contributed by atoms with E-state index in [0.29, 0.717) is 24.7 Å². The van der Waals surface area contributed by atoms with E-state index >= 15 is 0 Å². The number of carbonyl (C=O) groups is 1. The molecule has 2 fully saturated rings. The Labute approximate surface area is 132 Å². The van der Waals surface area contributed by atoms with Crippen molar-refractivity contribution in [1.29, 1.82) is 0 Å². The highest BCUT2D eigenvalue weighted by molar-refractivity contribution is 5.82. The number of hydrogen-bond donors (Lipinski definition) is 1. The summed E-state index contributed by atoms with van der Waals surface area (Å²) in [5, 5.41) is 3.65. The molecular formula is C18H25N3O. The van der Waals surface area contributed by atoms with E-state index in [1.165, 1.54) is 24.1 Å². The van der Waals surface area contributed by atoms with Crippen molar-refractivity contribution >= 4 is 11.6 Å². The summed E-state index contributed by atoms with van der Waals surface area (Å²) in [5.41, 5.74) is 2.62. The summed E-state index contributed by atoms with van der Waals surface area (Å²) in [6.45, 7) is 1.49. The van der Waals surface area contributed by atoms with Crippen molar-refractivity contribution in [2.75, 3.05) is 25.0 Å². The Balaban J connectivity index is 1.40. The number of rotatable bonds is 3. The van der Waals surface area contributed by atoms with Crippen molar-refractivity contribution < 1.29 is 4.79 Å². The lowest BCUT2D eigenvalue weighted by Gasteiger charge is -2.36. The fourth-order valence-electron chi connectivity index (χ4n) is 4.39. The number of nitrogens with one attached hydrogen (secondary N) is 1. The highest BCUT2D eigenvalue weighted by atomic mass is 16.2. The van der Waals surface area contributed by atoms with Crippen LogP contribution in [0, 0.1) is 0 Å². The van der Waals surface area contributed by atoms with Crippen molar-refractivity contribution in [3.05, 3.63) is 29.8 Å². The predicted molar refractivity (Wildman–Crippen MR) is 88.1 cm³/mol. The van der Waals surface area contributed by atoms with Crippen molar-refractivity contribution in [3.8, 4) is 0 Å². The molecule has 2 atom stereocenters. The van der Waals surface area contributed by atoms with Gasteiger partial charge in [-0.3, -0.25) is 4.79 Å². The summed E-state index contributed by atoms with van der Waals surface area (Å²) in [6.07, 6.45) is 5.86. The molecule has 3 aliphatic heterocycles. The number of likely N-dealkylation sites (N-methyl/N-ethyl adjacent to an activating group) is 1. The number of para-hydroxylation sites is 1. The summed E-state index contributed by atoms with van der Waals surface area (Å²) in [4.78, 5) is 17.0. The van der Waals surface area contributed by atoms with E-state index in [2.05, 4.69) is 34.5 Å². The molecule has 4 heteroatoms. The molecule has 1 N–H and O–H groups in total. The van der Waals surface area contributed by atoms with Crippen LogP contribution in [0.2, 0.25) is 0 Å². The number of amides is 1. The van der Waals surface area contributed by atoms with Gasteiger partial charge in [-0.15, -0.1) is 0 Å². The minimum atomic E-state index is 0.267. The monoisotopic (exact) mass is 299 g/mol. The third kappa shape index (κ3) is 2.50. The molecule has 1 aromatic carbocycles. The number of piperidine rings is 1. The molecule has 3 heterocycles. The molecule has 22 heavy (non-hydrogen) atoms. The molecule has 2 bridgehead atoms. The molecule has 4 nitrogen and oxygen atoms in total. The van der Waals surface area contributed by atoms with Gasteiger partial charge in [-0.25, -0.2) is 0 Å². The van der Waals surface area contributed by atoms with Gasteiger partial charge in [0.05, 0.1) is 6.54 Å². The van der Waals surface area contributed by atoms with E-state index in [-0.39, 0.29) is 5.91 Å². The Morgan fingerprint density at radius 2 is 2.00 bits per heavy atom. The fourth-order valence-corrected chi connectivity index (χ4v) is 4.39. The number of fused-ring (bicyclic) bond motifs is 3. The zero-order valence-electron chi connectivity index (χ0n) is 13.3. The number of nitrogens with zero attached hydrogens (tertiary/aromatic N) is 2. The van der Waals surface area contributed by atoms with Crippen LogP contribution in [0.4, 0.5) is 5.69 Å². The summed E-state index contributed by atoms with van der Waals surface area (Å²) >= 11 is 0. The van der Waals surface area contributed by atoms with E-state index < -0.39 is 0 Å². The van der Waals surface area contributed by atoms with Crippen LogP contribution in [0.15, 0.2) is 24.3 Å². The van der Waals surface area contributed by atoms with Gasteiger partial charge < -0.3 is 15.1 Å². The highest BCUT2D eigenvalue weighted by Crippen LogP contribution is 2.30. The van der Waals surface area contributed by atoms with E-state index in [4.69, 9.17) is 0 Å². The normalized spacial score (nSPS) is 29.5. The van der Waals surface area contributed by atoms with Crippen LogP contribution in [0.3, 0.4) is 0 Å². The van der Waals surface area contributed by atoms with E-state index in [1.807, 2.05) is 11.9 Å². The van der Waals surface area contributed by atoms with Crippen LogP contribution in [0.25, 0.3) is 0 Å². The second kappa shape index (κ2) is 5.58. The molecule has 0 saturated carbocycles. The summed E-state index contributed by atoms with van der Waals surface area (Å²) < 4.78 is 0. The third-order valence-corrected chi connectivity index (χ3v) is 5.70. The minimum Gasteiger partial charge on any atom is -0.362 e. The lowest BCUT2D eigenvalue weighted by atomic mass is 9.98. The van der Waals surface area contributed by atoms with Gasteiger partial charge in [0.2, 0.25) is 5.91 Å². The smallest absolute Gasteiger partial charge is 0.242 e. The SMILES string of the molecule is CN(C(=O)CN1CCc2ccccc21)C1CC2CCC(C1)N2. The van der Waals surface area contributed by atoms with Crippen LogP contribution < -0.4 is 10.2 Å². The maximum Gasteiger partial charge on any atom is 0.242 e. The third-order valence-electron chi connectivity index (χ3n) is 5.70. The Bertz CT molecular complexity index is 561. The van der Waals surface area contributed by atoms with E-state index in [1.54, 1.807) is 0 Å². The van der Waals surface area contributed by atoms with Gasteiger partial charge >= 0.3 is 0 Å². The quantitative estimate of drug-likeness (QED) is 0.924. The van der Waals surface area contributed by atoms with E-state index in [0.717, 1.165) is 25.8 Å². The zero-order valence-corrected chi connectivity index (χ0v) is 13.3. The van der Waals surface area contributed by atoms with Gasteiger partial charge in [-0.1, -0.05) is 18.2 Å². The standard InChI is InChI=1S/C18H25N3O/c1-20(16-10-14-6-7-15(11-16)19-14)18(22)12-21-9-8-13-4-2-3-5-17(13)21/h2-5,14-16,19H,6-12H2,1H3. The number of hydrogen-bond acceptors (Lipinski definition) is 3. The number of anilines is 1. The van der Waals surface area contributed by atoms with Crippen LogP contribution in [-0.2, 0) is 11.2 Å². The highest BCUT2D eigenvalue weighted by Gasteiger charge is 2.36. The molecule has 0 spiro atoms. The largest absolute Gasteiger partial charge is 0.362 e. The molecule has 118 valence electrons. The molecule has 1 amide bonds. The van der Waals surface area contributed by atoms with Crippen LogP contribution in [0.1, 0.15) is 31.2 Å². The van der Waals surface area contributed by atoms with Gasteiger partial charge in [0.15, 0.2) is 0 Å². The second-order valence-corrected chi connectivity index (χ2v) is 7.07. The van der Waals surface area contributed by atoms with Gasteiger partial charge in [-0.2, -0.15) is 0 Å². The topological polar surface area (TPSA) is 35.6 Å². The molecule has 0 aromatic heterocycles. The van der Waals surface area contributed by atoms with Crippen molar-refractivity contribution in [2.45, 2.75) is 50.2 Å². The van der Waals surface area contributed by atoms with Crippen LogP contribution >= 0.6 is 0 Å². The summed E-state index contributed by atoms with van der Waals surface area (Å²) in [6, 6.07) is 10.1. The van der Waals surface area contributed by atoms with Crippen molar-refractivity contribution in [1.82, 2.24) is 10.2 Å². The predicted octanol–water partition coefficient (Wildman–Crippen LogP) is 1.79. The van der Waals surface area contributed by atoms with Crippen LogP contribution in [-0.4, -0.2) is 49.1 Å². The molecule has 3 aliphatic rings. The maximum absolute atomic E-state index is 12.7. The van der Waals surface area contributed by atoms with Gasteiger partial charge in [0, 0.05) is 37.4 Å². The van der Waals surface area contributed by atoms with E-state index in [9.17, 15) is 4.79 Å². The first kappa shape index (κ1) is 14.1. The molecule has 1 aromatic rings. The average molecular weight is 299 g/mol. The zero-order chi connectivity index (χ0) is 15.1. The summed E-state index contributed by atoms with van der Waals surface area (Å²) in [7, 11) is 2.00. The van der Waals surface area contributed by atoms with Crippen molar-refractivity contribution in [2.24, 2.45) is 0 Å². The number of benzene rings is 1. The van der Waals surface area contributed by atoms with Gasteiger partial charge in [0.1, 0.15) is 0 Å². The van der Waals surface area contributed by atoms with Crippen LogP contribution in [0.5, 0.6) is 0 Å². The fraction of sp³-hybridized carbons (Fsp3) is 0.611. The molecular weight excluding hydrogens is 274 g/mol. The molecule has 0 aliphatic carbocycles. The first-order valence-electron chi connectivity index (χ1n) is 8.55. The first-order chi connectivity index (χ1) is 10.7. The number of carbonyl (C=O) groups excluding carboxylic acids is 1. The maximum atomic E-state index is 12.7. The van der Waals surface area contributed by atoms with Gasteiger partial charge in [0.25, 0.3) is 0 Å². The Hall–Kier alpha value is -1.55. The Morgan fingerprint density at radius 1 is 1.27 bits per heavy atom. The molecule has 0 radical (unpaired) electrons. The minimum absolute atomic E-state index is 0.267.